The predicted octanol–water partition coefficient (Wildman–Crippen LogP) is 5.60. The molecule has 0 atom stereocenters. The summed E-state index contributed by atoms with van der Waals surface area (Å²) in [6, 6.07) is 13.2. The third-order valence-corrected chi connectivity index (χ3v) is 4.46. The summed E-state index contributed by atoms with van der Waals surface area (Å²) in [4.78, 5) is 4.45. The van der Waals surface area contributed by atoms with Crippen LogP contribution < -0.4 is 0 Å². The zero-order valence-electron chi connectivity index (χ0n) is 14.9. The van der Waals surface area contributed by atoms with E-state index in [-0.39, 0.29) is 10.8 Å². The van der Waals surface area contributed by atoms with Crippen LogP contribution in [0.3, 0.4) is 0 Å². The first kappa shape index (κ1) is 16.7. The number of hydrogen-bond donors (Lipinski definition) is 0. The van der Waals surface area contributed by atoms with Crippen molar-refractivity contribution in [3.05, 3.63) is 65.0 Å². The van der Waals surface area contributed by atoms with Crippen LogP contribution >= 0.6 is 0 Å². The summed E-state index contributed by atoms with van der Waals surface area (Å²) in [7, 11) is 0. The van der Waals surface area contributed by atoms with Crippen molar-refractivity contribution in [2.75, 3.05) is 0 Å². The average Bonchev–Trinajstić information content (AvgIpc) is 2.45. The first-order chi connectivity index (χ1) is 10.2. The average molecular weight is 295 g/mol. The Morgan fingerprint density at radius 2 is 1.59 bits per heavy atom. The lowest BCUT2D eigenvalue weighted by Gasteiger charge is -2.29. The van der Waals surface area contributed by atoms with Crippen molar-refractivity contribution < 1.29 is 0 Å². The number of rotatable bonds is 4. The second kappa shape index (κ2) is 6.24. The molecule has 0 aliphatic rings. The molecule has 2 rings (SSSR count). The Labute approximate surface area is 135 Å². The van der Waals surface area contributed by atoms with Gasteiger partial charge in [0.05, 0.1) is 0 Å². The molecule has 1 heterocycles. The van der Waals surface area contributed by atoms with Crippen LogP contribution in [0.25, 0.3) is 0 Å². The molecule has 1 aromatic heterocycles. The molecule has 0 radical (unpaired) electrons. The van der Waals surface area contributed by atoms with Gasteiger partial charge in [-0.1, -0.05) is 64.4 Å². The van der Waals surface area contributed by atoms with Crippen molar-refractivity contribution in [3.63, 3.8) is 0 Å². The lowest BCUT2D eigenvalue weighted by Crippen LogP contribution is -2.21. The summed E-state index contributed by atoms with van der Waals surface area (Å²) >= 11 is 0. The summed E-state index contributed by atoms with van der Waals surface area (Å²) in [5.41, 5.74) is 5.75. The number of hydrogen-bond acceptors (Lipinski definition) is 1. The zero-order chi connectivity index (χ0) is 16.4. The standard InChI is InChI=1S/C21H29N/c1-16-13-17(20(2,3)4)15-18(14-16)21(5,6)11-10-19-9-7-8-12-22-19/h7-9,12-15H,10-11H2,1-6H3. The SMILES string of the molecule is Cc1cc(C(C)(C)C)cc(C(C)(C)CCc2ccccn2)c1. The Morgan fingerprint density at radius 1 is 0.909 bits per heavy atom. The highest BCUT2D eigenvalue weighted by molar-refractivity contribution is 5.37. The molecule has 1 aromatic carbocycles. The number of aromatic nitrogens is 1. The summed E-state index contributed by atoms with van der Waals surface area (Å²) in [5, 5.41) is 0. The van der Waals surface area contributed by atoms with Crippen LogP contribution in [0.15, 0.2) is 42.6 Å². The molecule has 22 heavy (non-hydrogen) atoms. The molecule has 0 spiro atoms. The maximum Gasteiger partial charge on any atom is 0.0403 e. The normalized spacial score (nSPS) is 12.5. The topological polar surface area (TPSA) is 12.9 Å². The highest BCUT2D eigenvalue weighted by Crippen LogP contribution is 2.33. The minimum Gasteiger partial charge on any atom is -0.261 e. The van der Waals surface area contributed by atoms with Crippen LogP contribution in [0.2, 0.25) is 0 Å². The minimum atomic E-state index is 0.156. The Hall–Kier alpha value is -1.63. The number of nitrogens with zero attached hydrogens (tertiary/aromatic N) is 1. The van der Waals surface area contributed by atoms with E-state index in [1.807, 2.05) is 12.3 Å². The van der Waals surface area contributed by atoms with E-state index in [2.05, 4.69) is 76.9 Å². The molecule has 0 fully saturated rings. The molecule has 0 aliphatic carbocycles. The summed E-state index contributed by atoms with van der Waals surface area (Å²) in [5.74, 6) is 0. The quantitative estimate of drug-likeness (QED) is 0.715. The van der Waals surface area contributed by atoms with E-state index >= 15 is 0 Å². The first-order valence-electron chi connectivity index (χ1n) is 8.21. The third kappa shape index (κ3) is 4.19. The molecule has 1 nitrogen and oxygen atoms in total. The zero-order valence-corrected chi connectivity index (χ0v) is 14.9. The third-order valence-electron chi connectivity index (χ3n) is 4.46. The van der Waals surface area contributed by atoms with Crippen molar-refractivity contribution >= 4 is 0 Å². The molecule has 1 heteroatoms. The molecular formula is C21H29N. The van der Waals surface area contributed by atoms with Gasteiger partial charge in [-0.25, -0.2) is 0 Å². The van der Waals surface area contributed by atoms with Gasteiger partial charge in [-0.05, 0) is 53.9 Å². The largest absolute Gasteiger partial charge is 0.261 e. The maximum absolute atomic E-state index is 4.45. The molecule has 2 aromatic rings. The van der Waals surface area contributed by atoms with Crippen molar-refractivity contribution in [3.8, 4) is 0 Å². The molecule has 0 unspecified atom stereocenters. The van der Waals surface area contributed by atoms with E-state index < -0.39 is 0 Å². The summed E-state index contributed by atoms with van der Waals surface area (Å²) < 4.78 is 0. The van der Waals surface area contributed by atoms with Gasteiger partial charge in [0.2, 0.25) is 0 Å². The second-order valence-corrected chi connectivity index (χ2v) is 8.04. The van der Waals surface area contributed by atoms with Gasteiger partial charge in [0.15, 0.2) is 0 Å². The monoisotopic (exact) mass is 295 g/mol. The fraction of sp³-hybridized carbons (Fsp3) is 0.476. The van der Waals surface area contributed by atoms with Crippen molar-refractivity contribution in [2.24, 2.45) is 0 Å². The van der Waals surface area contributed by atoms with Gasteiger partial charge in [0, 0.05) is 11.9 Å². The van der Waals surface area contributed by atoms with E-state index in [9.17, 15) is 0 Å². The molecule has 0 saturated heterocycles. The molecule has 0 saturated carbocycles. The van der Waals surface area contributed by atoms with Crippen LogP contribution in [0.4, 0.5) is 0 Å². The van der Waals surface area contributed by atoms with Gasteiger partial charge in [0.1, 0.15) is 0 Å². The van der Waals surface area contributed by atoms with Crippen LogP contribution in [0, 0.1) is 6.92 Å². The molecule has 0 bridgehead atoms. The van der Waals surface area contributed by atoms with E-state index in [1.54, 1.807) is 0 Å². The van der Waals surface area contributed by atoms with E-state index in [1.165, 1.54) is 22.4 Å². The number of aryl methyl sites for hydroxylation is 2. The number of benzene rings is 1. The van der Waals surface area contributed by atoms with Crippen molar-refractivity contribution in [2.45, 2.75) is 65.2 Å². The van der Waals surface area contributed by atoms with E-state index in [0.29, 0.717) is 0 Å². The molecule has 0 amide bonds. The van der Waals surface area contributed by atoms with Gasteiger partial charge >= 0.3 is 0 Å². The van der Waals surface area contributed by atoms with Crippen molar-refractivity contribution in [1.82, 2.24) is 4.98 Å². The van der Waals surface area contributed by atoms with Gasteiger partial charge in [-0.2, -0.15) is 0 Å². The van der Waals surface area contributed by atoms with Crippen LogP contribution in [0.1, 0.15) is 63.4 Å². The summed E-state index contributed by atoms with van der Waals surface area (Å²) in [6.45, 7) is 13.7. The smallest absolute Gasteiger partial charge is 0.0403 e. The Kier molecular flexibility index (Phi) is 4.75. The lowest BCUT2D eigenvalue weighted by molar-refractivity contribution is 0.474. The second-order valence-electron chi connectivity index (χ2n) is 8.04. The minimum absolute atomic E-state index is 0.156. The van der Waals surface area contributed by atoms with Gasteiger partial charge in [-0.15, -0.1) is 0 Å². The maximum atomic E-state index is 4.45. The van der Waals surface area contributed by atoms with Crippen molar-refractivity contribution in [1.29, 1.82) is 0 Å². The van der Waals surface area contributed by atoms with Gasteiger partial charge in [-0.3, -0.25) is 4.98 Å². The Morgan fingerprint density at radius 3 is 2.18 bits per heavy atom. The van der Waals surface area contributed by atoms with Crippen LogP contribution in [0.5, 0.6) is 0 Å². The Bertz CT molecular complexity index is 618. The molecule has 0 aliphatic heterocycles. The van der Waals surface area contributed by atoms with Crippen LogP contribution in [-0.4, -0.2) is 4.98 Å². The molecular weight excluding hydrogens is 266 g/mol. The fourth-order valence-corrected chi connectivity index (χ4v) is 2.74. The highest BCUT2D eigenvalue weighted by Gasteiger charge is 2.23. The fourth-order valence-electron chi connectivity index (χ4n) is 2.74. The predicted molar refractivity (Wildman–Crippen MR) is 95.5 cm³/mol. The summed E-state index contributed by atoms with van der Waals surface area (Å²) in [6.07, 6.45) is 4.01. The lowest BCUT2D eigenvalue weighted by atomic mass is 9.76. The van der Waals surface area contributed by atoms with Crippen LogP contribution in [-0.2, 0) is 17.3 Å². The van der Waals surface area contributed by atoms with Gasteiger partial charge in [0.25, 0.3) is 0 Å². The molecule has 0 N–H and O–H groups in total. The first-order valence-corrected chi connectivity index (χ1v) is 8.21. The highest BCUT2D eigenvalue weighted by atomic mass is 14.7. The molecule has 118 valence electrons. The van der Waals surface area contributed by atoms with Gasteiger partial charge < -0.3 is 0 Å². The van der Waals surface area contributed by atoms with E-state index in [0.717, 1.165) is 12.8 Å². The Balaban J connectivity index is 2.23. The van der Waals surface area contributed by atoms with E-state index in [4.69, 9.17) is 0 Å². The number of pyridine rings is 1.